The van der Waals surface area contributed by atoms with Gasteiger partial charge < -0.3 is 9.73 Å². The van der Waals surface area contributed by atoms with E-state index in [4.69, 9.17) is 4.42 Å². The SMILES string of the molecule is O=C(CCc1ncc(-c2ccccc2F)o1)Nc1ccnn1C1CCCCC1. The number of oxazole rings is 1. The van der Waals surface area contributed by atoms with Gasteiger partial charge in [-0.3, -0.25) is 4.79 Å². The van der Waals surface area contributed by atoms with E-state index in [-0.39, 0.29) is 18.1 Å². The predicted molar refractivity (Wildman–Crippen MR) is 103 cm³/mol. The third-order valence-electron chi connectivity index (χ3n) is 5.12. The number of carbonyl (C=O) groups excluding carboxylic acids is 1. The number of hydrogen-bond acceptors (Lipinski definition) is 4. The number of hydrogen-bond donors (Lipinski definition) is 1. The molecule has 1 aliphatic rings. The number of benzene rings is 1. The van der Waals surface area contributed by atoms with Crippen LogP contribution >= 0.6 is 0 Å². The molecular formula is C21H23FN4O2. The van der Waals surface area contributed by atoms with Crippen molar-refractivity contribution < 1.29 is 13.6 Å². The van der Waals surface area contributed by atoms with Gasteiger partial charge in [0.15, 0.2) is 11.7 Å². The van der Waals surface area contributed by atoms with Gasteiger partial charge in [0.1, 0.15) is 11.6 Å². The number of aromatic nitrogens is 3. The maximum atomic E-state index is 13.8. The summed E-state index contributed by atoms with van der Waals surface area (Å²) in [7, 11) is 0. The summed E-state index contributed by atoms with van der Waals surface area (Å²) in [6, 6.07) is 8.56. The third kappa shape index (κ3) is 4.13. The van der Waals surface area contributed by atoms with Crippen LogP contribution in [0.3, 0.4) is 0 Å². The highest BCUT2D eigenvalue weighted by Crippen LogP contribution is 2.30. The summed E-state index contributed by atoms with van der Waals surface area (Å²) in [6.45, 7) is 0. The zero-order valence-corrected chi connectivity index (χ0v) is 15.6. The maximum Gasteiger partial charge on any atom is 0.226 e. The Morgan fingerprint density at radius 1 is 1.21 bits per heavy atom. The zero-order chi connectivity index (χ0) is 19.3. The summed E-state index contributed by atoms with van der Waals surface area (Å²) >= 11 is 0. The molecule has 2 aromatic heterocycles. The molecule has 0 saturated heterocycles. The van der Waals surface area contributed by atoms with Crippen LogP contribution in [-0.2, 0) is 11.2 Å². The van der Waals surface area contributed by atoms with Crippen LogP contribution < -0.4 is 5.32 Å². The van der Waals surface area contributed by atoms with E-state index in [0.717, 1.165) is 18.7 Å². The Balaban J connectivity index is 1.35. The molecule has 28 heavy (non-hydrogen) atoms. The minimum atomic E-state index is -0.362. The molecule has 1 amide bonds. The van der Waals surface area contributed by atoms with Crippen molar-refractivity contribution in [1.29, 1.82) is 0 Å². The molecule has 7 heteroatoms. The summed E-state index contributed by atoms with van der Waals surface area (Å²) in [5, 5.41) is 7.33. The first-order valence-electron chi connectivity index (χ1n) is 9.73. The van der Waals surface area contributed by atoms with Crippen molar-refractivity contribution in [2.75, 3.05) is 5.32 Å². The van der Waals surface area contributed by atoms with E-state index in [2.05, 4.69) is 15.4 Å². The Hall–Kier alpha value is -2.96. The molecule has 1 N–H and O–H groups in total. The van der Waals surface area contributed by atoms with Crippen molar-refractivity contribution in [3.63, 3.8) is 0 Å². The van der Waals surface area contributed by atoms with Crippen molar-refractivity contribution in [3.8, 4) is 11.3 Å². The van der Waals surface area contributed by atoms with Gasteiger partial charge in [-0.15, -0.1) is 0 Å². The van der Waals surface area contributed by atoms with Crippen LogP contribution in [0.15, 0.2) is 47.1 Å². The lowest BCUT2D eigenvalue weighted by atomic mass is 9.96. The second kappa shape index (κ2) is 8.37. The first-order valence-corrected chi connectivity index (χ1v) is 9.73. The van der Waals surface area contributed by atoms with E-state index in [9.17, 15) is 9.18 Å². The van der Waals surface area contributed by atoms with Gasteiger partial charge in [0.25, 0.3) is 0 Å². The Labute approximate surface area is 162 Å². The lowest BCUT2D eigenvalue weighted by Crippen LogP contribution is -2.20. The Bertz CT molecular complexity index is 943. The molecule has 2 heterocycles. The molecule has 4 rings (SSSR count). The number of aryl methyl sites for hydroxylation is 1. The van der Waals surface area contributed by atoms with Crippen LogP contribution in [0.4, 0.5) is 10.2 Å². The van der Waals surface area contributed by atoms with Crippen LogP contribution in [0.25, 0.3) is 11.3 Å². The molecule has 1 aliphatic carbocycles. The molecule has 0 spiro atoms. The van der Waals surface area contributed by atoms with Crippen molar-refractivity contribution in [2.45, 2.75) is 51.0 Å². The fourth-order valence-electron chi connectivity index (χ4n) is 3.67. The van der Waals surface area contributed by atoms with Gasteiger partial charge in [0.05, 0.1) is 24.0 Å². The van der Waals surface area contributed by atoms with E-state index < -0.39 is 0 Å². The topological polar surface area (TPSA) is 73.0 Å². The highest BCUT2D eigenvalue weighted by molar-refractivity contribution is 5.89. The Kier molecular flexibility index (Phi) is 5.50. The average molecular weight is 382 g/mol. The Morgan fingerprint density at radius 2 is 2.04 bits per heavy atom. The normalized spacial score (nSPS) is 14.9. The molecule has 0 radical (unpaired) electrons. The van der Waals surface area contributed by atoms with Crippen molar-refractivity contribution >= 4 is 11.7 Å². The van der Waals surface area contributed by atoms with Crippen molar-refractivity contribution in [3.05, 3.63) is 54.4 Å². The number of halogens is 1. The molecule has 6 nitrogen and oxygen atoms in total. The highest BCUT2D eigenvalue weighted by Gasteiger charge is 2.19. The van der Waals surface area contributed by atoms with Gasteiger partial charge in [0.2, 0.25) is 5.91 Å². The van der Waals surface area contributed by atoms with Crippen LogP contribution in [0.5, 0.6) is 0 Å². The van der Waals surface area contributed by atoms with Gasteiger partial charge in [-0.05, 0) is 25.0 Å². The van der Waals surface area contributed by atoms with Gasteiger partial charge >= 0.3 is 0 Å². The first kappa shape index (κ1) is 18.4. The second-order valence-electron chi connectivity index (χ2n) is 7.10. The Morgan fingerprint density at radius 3 is 2.86 bits per heavy atom. The third-order valence-corrected chi connectivity index (χ3v) is 5.12. The molecule has 3 aromatic rings. The number of nitrogens with zero attached hydrogens (tertiary/aromatic N) is 3. The molecule has 0 bridgehead atoms. The summed E-state index contributed by atoms with van der Waals surface area (Å²) in [5.74, 6) is 1.02. The predicted octanol–water partition coefficient (Wildman–Crippen LogP) is 4.75. The summed E-state index contributed by atoms with van der Waals surface area (Å²) in [5.41, 5.74) is 0.363. The highest BCUT2D eigenvalue weighted by atomic mass is 19.1. The largest absolute Gasteiger partial charge is 0.441 e. The van der Waals surface area contributed by atoms with Gasteiger partial charge in [-0.25, -0.2) is 14.1 Å². The standard InChI is InChI=1S/C21H23FN4O2/c22-17-9-5-4-8-16(17)18-14-23-21(28-18)11-10-20(27)25-19-12-13-24-26(19)15-6-2-1-3-7-15/h4-5,8-9,12-15H,1-3,6-7,10-11H2,(H,25,27). The molecule has 0 aliphatic heterocycles. The fourth-order valence-corrected chi connectivity index (χ4v) is 3.67. The number of rotatable bonds is 6. The van der Waals surface area contributed by atoms with Gasteiger partial charge in [-0.1, -0.05) is 31.4 Å². The lowest BCUT2D eigenvalue weighted by Gasteiger charge is -2.23. The summed E-state index contributed by atoms with van der Waals surface area (Å²) < 4.78 is 21.4. The van der Waals surface area contributed by atoms with Crippen LogP contribution in [0.2, 0.25) is 0 Å². The van der Waals surface area contributed by atoms with Gasteiger partial charge in [-0.2, -0.15) is 5.10 Å². The second-order valence-corrected chi connectivity index (χ2v) is 7.10. The summed E-state index contributed by atoms with van der Waals surface area (Å²) in [4.78, 5) is 16.5. The van der Waals surface area contributed by atoms with Crippen LogP contribution in [0.1, 0.15) is 50.5 Å². The average Bonchev–Trinajstić information content (AvgIpc) is 3.37. The number of anilines is 1. The van der Waals surface area contributed by atoms with Crippen molar-refractivity contribution in [1.82, 2.24) is 14.8 Å². The fraction of sp³-hybridized carbons (Fsp3) is 0.381. The summed E-state index contributed by atoms with van der Waals surface area (Å²) in [6.07, 6.45) is 9.65. The molecule has 0 atom stereocenters. The molecule has 1 fully saturated rings. The van der Waals surface area contributed by atoms with E-state index in [1.54, 1.807) is 24.4 Å². The molecule has 0 unspecified atom stereocenters. The lowest BCUT2D eigenvalue weighted by molar-refractivity contribution is -0.116. The van der Waals surface area contributed by atoms with Gasteiger partial charge in [0, 0.05) is 18.9 Å². The van der Waals surface area contributed by atoms with E-state index in [0.29, 0.717) is 29.7 Å². The van der Waals surface area contributed by atoms with Crippen molar-refractivity contribution in [2.24, 2.45) is 0 Å². The zero-order valence-electron chi connectivity index (χ0n) is 15.6. The van der Waals surface area contributed by atoms with E-state index in [1.165, 1.54) is 31.5 Å². The monoisotopic (exact) mass is 382 g/mol. The number of amides is 1. The quantitative estimate of drug-likeness (QED) is 0.667. The van der Waals surface area contributed by atoms with Crippen LogP contribution in [0, 0.1) is 5.82 Å². The number of nitrogens with one attached hydrogen (secondary N) is 1. The van der Waals surface area contributed by atoms with E-state index >= 15 is 0 Å². The van der Waals surface area contributed by atoms with E-state index in [1.807, 2.05) is 10.7 Å². The number of carbonyl (C=O) groups is 1. The minimum Gasteiger partial charge on any atom is -0.441 e. The molecule has 146 valence electrons. The molecular weight excluding hydrogens is 359 g/mol. The molecule has 1 saturated carbocycles. The molecule has 1 aromatic carbocycles. The maximum absolute atomic E-state index is 13.8. The first-order chi connectivity index (χ1) is 13.7. The smallest absolute Gasteiger partial charge is 0.226 e. The minimum absolute atomic E-state index is 0.122. The van der Waals surface area contributed by atoms with Crippen LogP contribution in [-0.4, -0.2) is 20.7 Å².